The molecule has 2 aromatic rings. The molecular weight excluding hydrogens is 366 g/mol. The van der Waals surface area contributed by atoms with Crippen LogP contribution in [0.1, 0.15) is 37.5 Å². The minimum Gasteiger partial charge on any atom is -0.444 e. The van der Waals surface area contributed by atoms with Crippen molar-refractivity contribution in [2.24, 2.45) is 0 Å². The van der Waals surface area contributed by atoms with Crippen LogP contribution in [0.15, 0.2) is 42.5 Å². The van der Waals surface area contributed by atoms with Crippen molar-refractivity contribution in [3.05, 3.63) is 59.2 Å². The molecule has 0 bridgehead atoms. The van der Waals surface area contributed by atoms with Gasteiger partial charge in [0.25, 0.3) is 0 Å². The fourth-order valence-electron chi connectivity index (χ4n) is 3.17. The molecule has 0 atom stereocenters. The van der Waals surface area contributed by atoms with Gasteiger partial charge in [-0.1, -0.05) is 23.8 Å². The molecule has 0 unspecified atom stereocenters. The summed E-state index contributed by atoms with van der Waals surface area (Å²) >= 11 is 0. The monoisotopic (exact) mass is 395 g/mol. The number of anilines is 2. The Hall–Kier alpha value is -3.02. The van der Waals surface area contributed by atoms with E-state index in [1.165, 1.54) is 5.56 Å². The predicted molar refractivity (Wildman–Crippen MR) is 115 cm³/mol. The van der Waals surface area contributed by atoms with Crippen LogP contribution in [0, 0.1) is 6.92 Å². The molecule has 0 aromatic heterocycles. The number of nitrogens with zero attached hydrogens (tertiary/aromatic N) is 1. The minimum atomic E-state index is -0.508. The van der Waals surface area contributed by atoms with E-state index >= 15 is 0 Å². The van der Waals surface area contributed by atoms with E-state index in [2.05, 4.69) is 16.7 Å². The molecule has 154 valence electrons. The third-order valence-electron chi connectivity index (χ3n) is 4.66. The van der Waals surface area contributed by atoms with Gasteiger partial charge in [0, 0.05) is 24.5 Å². The molecule has 0 saturated carbocycles. The number of amides is 2. The highest BCUT2D eigenvalue weighted by Gasteiger charge is 2.25. The molecule has 2 amide bonds. The minimum absolute atomic E-state index is 0.109. The maximum absolute atomic E-state index is 12.4. The number of hydrogen-bond donors (Lipinski definition) is 2. The van der Waals surface area contributed by atoms with Crippen LogP contribution >= 0.6 is 0 Å². The Morgan fingerprint density at radius 1 is 1.03 bits per heavy atom. The smallest absolute Gasteiger partial charge is 0.410 e. The lowest BCUT2D eigenvalue weighted by Gasteiger charge is -2.31. The van der Waals surface area contributed by atoms with Gasteiger partial charge in [-0.05, 0) is 69.5 Å². The molecule has 1 heterocycles. The highest BCUT2D eigenvalue weighted by Crippen LogP contribution is 2.24. The van der Waals surface area contributed by atoms with Crippen LogP contribution in [0.3, 0.4) is 0 Å². The van der Waals surface area contributed by atoms with Crippen LogP contribution in [0.5, 0.6) is 0 Å². The predicted octanol–water partition coefficient (Wildman–Crippen LogP) is 4.34. The first kappa shape index (κ1) is 20.7. The Kier molecular flexibility index (Phi) is 6.11. The quantitative estimate of drug-likeness (QED) is 0.808. The molecule has 0 spiro atoms. The van der Waals surface area contributed by atoms with E-state index in [1.807, 2.05) is 64.1 Å². The Balaban J connectivity index is 1.57. The van der Waals surface area contributed by atoms with Gasteiger partial charge in [-0.15, -0.1) is 0 Å². The number of ether oxygens (including phenoxy) is 1. The maximum Gasteiger partial charge on any atom is 0.410 e. The van der Waals surface area contributed by atoms with Gasteiger partial charge in [0.15, 0.2) is 0 Å². The lowest BCUT2D eigenvalue weighted by molar-refractivity contribution is -0.114. The van der Waals surface area contributed by atoms with Crippen molar-refractivity contribution in [3.63, 3.8) is 0 Å². The van der Waals surface area contributed by atoms with Gasteiger partial charge in [-0.3, -0.25) is 4.79 Å². The van der Waals surface area contributed by atoms with E-state index in [1.54, 1.807) is 4.90 Å². The van der Waals surface area contributed by atoms with Gasteiger partial charge in [-0.25, -0.2) is 4.79 Å². The third kappa shape index (κ3) is 5.98. The standard InChI is InChI=1S/C23H29N3O3/c1-16-5-8-19(9-6-16)25-21(27)14-24-20-10-7-17-11-12-26(15-18(17)13-20)22(28)29-23(2,3)4/h5-10,13,24H,11-12,14-15H2,1-4H3,(H,25,27). The summed E-state index contributed by atoms with van der Waals surface area (Å²) in [6.45, 7) is 8.93. The summed E-state index contributed by atoms with van der Waals surface area (Å²) in [6, 6.07) is 13.7. The van der Waals surface area contributed by atoms with Crippen LogP contribution in [0.25, 0.3) is 0 Å². The number of carbonyl (C=O) groups is 2. The first-order valence-electron chi connectivity index (χ1n) is 9.90. The molecule has 0 aliphatic carbocycles. The van der Waals surface area contributed by atoms with Gasteiger partial charge in [0.05, 0.1) is 6.54 Å². The molecule has 3 rings (SSSR count). The highest BCUT2D eigenvalue weighted by molar-refractivity contribution is 5.93. The molecule has 0 radical (unpaired) electrons. The fourth-order valence-corrected chi connectivity index (χ4v) is 3.17. The molecule has 6 heteroatoms. The zero-order chi connectivity index (χ0) is 21.0. The molecule has 1 aliphatic rings. The molecule has 29 heavy (non-hydrogen) atoms. The van der Waals surface area contributed by atoms with Crippen LogP contribution < -0.4 is 10.6 Å². The first-order valence-corrected chi connectivity index (χ1v) is 9.90. The molecule has 2 N–H and O–H groups in total. The van der Waals surface area contributed by atoms with Crippen molar-refractivity contribution < 1.29 is 14.3 Å². The van der Waals surface area contributed by atoms with Gasteiger partial charge < -0.3 is 20.3 Å². The van der Waals surface area contributed by atoms with Crippen LogP contribution in [0.2, 0.25) is 0 Å². The first-order chi connectivity index (χ1) is 13.7. The topological polar surface area (TPSA) is 70.7 Å². The van der Waals surface area contributed by atoms with E-state index < -0.39 is 5.60 Å². The summed E-state index contributed by atoms with van der Waals surface area (Å²) in [5, 5.41) is 6.04. The lowest BCUT2D eigenvalue weighted by atomic mass is 9.99. The fraction of sp³-hybridized carbons (Fsp3) is 0.391. The van der Waals surface area contributed by atoms with Crippen molar-refractivity contribution >= 4 is 23.4 Å². The molecule has 6 nitrogen and oxygen atoms in total. The van der Waals surface area contributed by atoms with Crippen molar-refractivity contribution in [2.75, 3.05) is 23.7 Å². The van der Waals surface area contributed by atoms with E-state index in [-0.39, 0.29) is 18.5 Å². The molecular formula is C23H29N3O3. The summed E-state index contributed by atoms with van der Waals surface area (Å²) in [7, 11) is 0. The second-order valence-corrected chi connectivity index (χ2v) is 8.40. The van der Waals surface area contributed by atoms with Gasteiger partial charge >= 0.3 is 6.09 Å². The SMILES string of the molecule is Cc1ccc(NC(=O)CNc2ccc3c(c2)CN(C(=O)OC(C)(C)C)CC3)cc1. The lowest BCUT2D eigenvalue weighted by Crippen LogP contribution is -2.39. The molecule has 2 aromatic carbocycles. The second kappa shape index (κ2) is 8.55. The number of rotatable bonds is 4. The number of aryl methyl sites for hydroxylation is 1. The third-order valence-corrected chi connectivity index (χ3v) is 4.66. The number of nitrogens with one attached hydrogen (secondary N) is 2. The van der Waals surface area contributed by atoms with E-state index in [9.17, 15) is 9.59 Å². The number of fused-ring (bicyclic) bond motifs is 1. The highest BCUT2D eigenvalue weighted by atomic mass is 16.6. The van der Waals surface area contributed by atoms with E-state index in [0.29, 0.717) is 13.1 Å². The average Bonchev–Trinajstić information content (AvgIpc) is 2.66. The van der Waals surface area contributed by atoms with Gasteiger partial charge in [0.1, 0.15) is 5.60 Å². The van der Waals surface area contributed by atoms with Gasteiger partial charge in [0.2, 0.25) is 5.91 Å². The maximum atomic E-state index is 12.4. The zero-order valence-corrected chi connectivity index (χ0v) is 17.5. The summed E-state index contributed by atoms with van der Waals surface area (Å²) < 4.78 is 5.48. The summed E-state index contributed by atoms with van der Waals surface area (Å²) in [4.78, 5) is 26.3. The summed E-state index contributed by atoms with van der Waals surface area (Å²) in [5.74, 6) is -0.109. The van der Waals surface area contributed by atoms with Crippen molar-refractivity contribution in [1.29, 1.82) is 0 Å². The Bertz CT molecular complexity index is 885. The Morgan fingerprint density at radius 3 is 2.41 bits per heavy atom. The Morgan fingerprint density at radius 2 is 1.72 bits per heavy atom. The second-order valence-electron chi connectivity index (χ2n) is 8.40. The van der Waals surface area contributed by atoms with Gasteiger partial charge in [-0.2, -0.15) is 0 Å². The van der Waals surface area contributed by atoms with Crippen LogP contribution in [-0.2, 0) is 22.5 Å². The van der Waals surface area contributed by atoms with Crippen LogP contribution in [0.4, 0.5) is 16.2 Å². The number of hydrogen-bond acceptors (Lipinski definition) is 4. The zero-order valence-electron chi connectivity index (χ0n) is 17.5. The van der Waals surface area contributed by atoms with Crippen molar-refractivity contribution in [1.82, 2.24) is 4.90 Å². The Labute approximate surface area is 172 Å². The molecule has 0 saturated heterocycles. The van der Waals surface area contributed by atoms with Crippen molar-refractivity contribution in [3.8, 4) is 0 Å². The van der Waals surface area contributed by atoms with Crippen molar-refractivity contribution in [2.45, 2.75) is 46.3 Å². The summed E-state index contributed by atoms with van der Waals surface area (Å²) in [6.07, 6.45) is 0.502. The molecule has 1 aliphatic heterocycles. The largest absolute Gasteiger partial charge is 0.444 e. The summed E-state index contributed by atoms with van der Waals surface area (Å²) in [5.41, 5.74) is 4.57. The number of carbonyl (C=O) groups excluding carboxylic acids is 2. The number of benzene rings is 2. The van der Waals surface area contributed by atoms with Crippen LogP contribution in [-0.4, -0.2) is 35.6 Å². The average molecular weight is 396 g/mol. The van der Waals surface area contributed by atoms with E-state index in [0.717, 1.165) is 28.9 Å². The molecule has 0 fully saturated rings. The normalized spacial score (nSPS) is 13.4. The van der Waals surface area contributed by atoms with E-state index in [4.69, 9.17) is 4.74 Å².